The van der Waals surface area contributed by atoms with Crippen LogP contribution >= 0.6 is 23.4 Å². The van der Waals surface area contributed by atoms with Crippen LogP contribution in [0.3, 0.4) is 0 Å². The highest BCUT2D eigenvalue weighted by Gasteiger charge is 2.25. The molecule has 0 N–H and O–H groups in total. The fraction of sp³-hybridized carbons (Fsp3) is 0.450. The lowest BCUT2D eigenvalue weighted by atomic mass is 10.1. The van der Waals surface area contributed by atoms with E-state index in [2.05, 4.69) is 35.9 Å². The van der Waals surface area contributed by atoms with Crippen molar-refractivity contribution in [1.29, 1.82) is 0 Å². The van der Waals surface area contributed by atoms with Crippen molar-refractivity contribution >= 4 is 29.3 Å². The van der Waals surface area contributed by atoms with E-state index in [1.54, 1.807) is 0 Å². The molecule has 2 aromatic rings. The molecule has 0 spiro atoms. The normalized spacial score (nSPS) is 17.2. The van der Waals surface area contributed by atoms with Crippen molar-refractivity contribution < 1.29 is 9.53 Å². The molecule has 1 aliphatic rings. The monoisotopic (exact) mass is 405 g/mol. The number of nitrogens with zero attached hydrogens (tertiary/aromatic N) is 3. The maximum absolute atomic E-state index is 12.7. The van der Waals surface area contributed by atoms with Gasteiger partial charge in [-0.3, -0.25) is 4.79 Å². The second-order valence-corrected chi connectivity index (χ2v) is 8.98. The molecule has 1 saturated heterocycles. The van der Waals surface area contributed by atoms with E-state index in [9.17, 15) is 4.79 Å². The van der Waals surface area contributed by atoms with E-state index in [4.69, 9.17) is 16.3 Å². The Morgan fingerprint density at radius 1 is 1.30 bits per heavy atom. The number of aromatic nitrogens is 2. The summed E-state index contributed by atoms with van der Waals surface area (Å²) in [6.45, 7) is 5.67. The number of benzene rings is 1. The van der Waals surface area contributed by atoms with Crippen LogP contribution in [0.1, 0.15) is 32.3 Å². The molecule has 1 aromatic carbocycles. The molecule has 0 aliphatic carbocycles. The van der Waals surface area contributed by atoms with E-state index in [-0.39, 0.29) is 12.0 Å². The van der Waals surface area contributed by atoms with Crippen molar-refractivity contribution in [3.63, 3.8) is 0 Å². The second-order valence-electron chi connectivity index (χ2n) is 6.89. The average molecular weight is 406 g/mol. The Bertz CT molecular complexity index is 753. The van der Waals surface area contributed by atoms with E-state index in [1.807, 2.05) is 28.8 Å². The summed E-state index contributed by atoms with van der Waals surface area (Å²) in [5.74, 6) is 0.129. The first kappa shape index (κ1) is 20.0. The van der Waals surface area contributed by atoms with Crippen LogP contribution in [-0.4, -0.2) is 45.2 Å². The van der Waals surface area contributed by atoms with E-state index in [1.165, 1.54) is 17.3 Å². The smallest absolute Gasteiger partial charge is 0.316 e. The molecule has 7 heteroatoms. The number of carbonyl (C=O) groups excluding carboxylic acids is 1. The lowest BCUT2D eigenvalue weighted by Gasteiger charge is -2.32. The van der Waals surface area contributed by atoms with Crippen LogP contribution in [-0.2, 0) is 11.2 Å². The highest BCUT2D eigenvalue weighted by atomic mass is 35.5. The summed E-state index contributed by atoms with van der Waals surface area (Å²) >= 11 is 7.62. The first-order valence-electron chi connectivity index (χ1n) is 9.17. The molecule has 1 fully saturated rings. The molecule has 5 nitrogen and oxygen atoms in total. The predicted molar refractivity (Wildman–Crippen MR) is 108 cm³/mol. The molecule has 27 heavy (non-hydrogen) atoms. The molecular weight excluding hydrogens is 382 g/mol. The minimum atomic E-state index is -0.0892. The fourth-order valence-electron chi connectivity index (χ4n) is 3.02. The van der Waals surface area contributed by atoms with Gasteiger partial charge >= 0.3 is 6.01 Å². The number of likely N-dealkylation sites (tertiary alicyclic amines) is 1. The molecule has 1 unspecified atom stereocenters. The van der Waals surface area contributed by atoms with Gasteiger partial charge in [-0.15, -0.1) is 11.8 Å². The number of piperidine rings is 1. The van der Waals surface area contributed by atoms with Gasteiger partial charge in [-0.1, -0.05) is 37.6 Å². The molecule has 0 radical (unpaired) electrons. The van der Waals surface area contributed by atoms with Gasteiger partial charge in [0.2, 0.25) is 5.91 Å². The third-order valence-electron chi connectivity index (χ3n) is 4.25. The lowest BCUT2D eigenvalue weighted by molar-refractivity contribution is -0.133. The highest BCUT2D eigenvalue weighted by Crippen LogP contribution is 2.23. The Labute approximate surface area is 169 Å². The van der Waals surface area contributed by atoms with Crippen molar-refractivity contribution in [1.82, 2.24) is 14.9 Å². The first-order chi connectivity index (χ1) is 13.0. The summed E-state index contributed by atoms with van der Waals surface area (Å²) < 4.78 is 5.82. The van der Waals surface area contributed by atoms with Gasteiger partial charge in [-0.2, -0.15) is 0 Å². The van der Waals surface area contributed by atoms with Crippen LogP contribution in [0.15, 0.2) is 41.6 Å². The maximum atomic E-state index is 12.7. The molecule has 1 aromatic heterocycles. The van der Waals surface area contributed by atoms with Crippen molar-refractivity contribution in [3.05, 3.63) is 47.2 Å². The van der Waals surface area contributed by atoms with Gasteiger partial charge in [0.05, 0.1) is 30.4 Å². The summed E-state index contributed by atoms with van der Waals surface area (Å²) in [5.41, 5.74) is 1.04. The van der Waals surface area contributed by atoms with Crippen molar-refractivity contribution in [2.24, 2.45) is 0 Å². The highest BCUT2D eigenvalue weighted by molar-refractivity contribution is 7.99. The quantitative estimate of drug-likeness (QED) is 0.672. The Morgan fingerprint density at radius 3 is 2.67 bits per heavy atom. The molecule has 1 amide bonds. The maximum Gasteiger partial charge on any atom is 0.316 e. The molecular formula is C20H24ClN3O2S. The summed E-state index contributed by atoms with van der Waals surface area (Å²) in [6, 6.07) is 8.57. The molecule has 1 aliphatic heterocycles. The molecule has 1 atom stereocenters. The number of amides is 1. The van der Waals surface area contributed by atoms with E-state index in [0.29, 0.717) is 29.2 Å². The van der Waals surface area contributed by atoms with Crippen molar-refractivity contribution in [3.8, 4) is 6.01 Å². The zero-order valence-electron chi connectivity index (χ0n) is 15.6. The Kier molecular flexibility index (Phi) is 6.96. The Balaban J connectivity index is 1.54. The summed E-state index contributed by atoms with van der Waals surface area (Å²) in [7, 11) is 0. The summed E-state index contributed by atoms with van der Waals surface area (Å²) in [5, 5.41) is 1.02. The van der Waals surface area contributed by atoms with Gasteiger partial charge in [-0.05, 0) is 30.5 Å². The van der Waals surface area contributed by atoms with Gasteiger partial charge in [0.1, 0.15) is 6.10 Å². The van der Waals surface area contributed by atoms with Crippen LogP contribution < -0.4 is 4.74 Å². The SMILES string of the molecule is CC(C)Sc1ccc(CC(=O)N2CCCC(Oc3ncc(Cl)cn3)C2)cc1. The average Bonchev–Trinajstić information content (AvgIpc) is 2.65. The fourth-order valence-corrected chi connectivity index (χ4v) is 3.95. The largest absolute Gasteiger partial charge is 0.458 e. The summed E-state index contributed by atoms with van der Waals surface area (Å²) in [4.78, 5) is 23.9. The number of hydrogen-bond donors (Lipinski definition) is 0. The number of thioether (sulfide) groups is 1. The van der Waals surface area contributed by atoms with Crippen LogP contribution in [0, 0.1) is 0 Å². The van der Waals surface area contributed by atoms with Gasteiger partial charge in [0.15, 0.2) is 0 Å². The van der Waals surface area contributed by atoms with Gasteiger partial charge < -0.3 is 9.64 Å². The minimum absolute atomic E-state index is 0.0892. The number of carbonyl (C=O) groups is 1. The molecule has 144 valence electrons. The van der Waals surface area contributed by atoms with Gasteiger partial charge in [-0.25, -0.2) is 9.97 Å². The molecule has 0 saturated carbocycles. The zero-order chi connectivity index (χ0) is 19.2. The molecule has 3 rings (SSSR count). The van der Waals surface area contributed by atoms with Gasteiger partial charge in [0, 0.05) is 16.7 Å². The van der Waals surface area contributed by atoms with Crippen LogP contribution in [0.2, 0.25) is 5.02 Å². The molecule has 0 bridgehead atoms. The third kappa shape index (κ3) is 6.11. The lowest BCUT2D eigenvalue weighted by Crippen LogP contribution is -2.45. The van der Waals surface area contributed by atoms with Crippen molar-refractivity contribution in [2.45, 2.75) is 49.4 Å². The predicted octanol–water partition coefficient (Wildman–Crippen LogP) is 4.24. The number of halogens is 1. The van der Waals surface area contributed by atoms with Crippen molar-refractivity contribution in [2.75, 3.05) is 13.1 Å². The zero-order valence-corrected chi connectivity index (χ0v) is 17.2. The topological polar surface area (TPSA) is 55.3 Å². The number of hydrogen-bond acceptors (Lipinski definition) is 5. The van der Waals surface area contributed by atoms with E-state index in [0.717, 1.165) is 24.9 Å². The number of rotatable bonds is 6. The Hall–Kier alpha value is -1.79. The Morgan fingerprint density at radius 2 is 2.00 bits per heavy atom. The second kappa shape index (κ2) is 9.42. The number of ether oxygens (including phenoxy) is 1. The van der Waals surface area contributed by atoms with Crippen LogP contribution in [0.4, 0.5) is 0 Å². The van der Waals surface area contributed by atoms with Crippen LogP contribution in [0.25, 0.3) is 0 Å². The van der Waals surface area contributed by atoms with Gasteiger partial charge in [0.25, 0.3) is 0 Å². The van der Waals surface area contributed by atoms with E-state index >= 15 is 0 Å². The molecule has 2 heterocycles. The minimum Gasteiger partial charge on any atom is -0.458 e. The standard InChI is InChI=1S/C20H24ClN3O2S/c1-14(2)27-18-7-5-15(6-8-18)10-19(25)24-9-3-4-17(13-24)26-20-22-11-16(21)12-23-20/h5-8,11-12,14,17H,3-4,9-10,13H2,1-2H3. The van der Waals surface area contributed by atoms with E-state index < -0.39 is 0 Å². The van der Waals surface area contributed by atoms with Crippen LogP contribution in [0.5, 0.6) is 6.01 Å². The summed E-state index contributed by atoms with van der Waals surface area (Å²) in [6.07, 6.45) is 5.14. The first-order valence-corrected chi connectivity index (χ1v) is 10.4. The third-order valence-corrected chi connectivity index (χ3v) is 5.46.